The predicted octanol–water partition coefficient (Wildman–Crippen LogP) is 3.10. The van der Waals surface area contributed by atoms with E-state index in [0.717, 1.165) is 26.1 Å². The Bertz CT molecular complexity index is 389. The van der Waals surface area contributed by atoms with Crippen LogP contribution in [0.5, 0.6) is 0 Å². The number of nitrogens with one attached hydrogen (secondary N) is 1. The summed E-state index contributed by atoms with van der Waals surface area (Å²) >= 11 is 5.98. The van der Waals surface area contributed by atoms with Crippen molar-refractivity contribution in [1.29, 1.82) is 0 Å². The standard InChI is InChI=1S/C13H16ClNO2/c14-11-3-1-2-4-12(11)15-13(16)9-10-5-7-17-8-6-10/h1-4,10H,5-9H2,(H,15,16). The van der Waals surface area contributed by atoms with Crippen LogP contribution < -0.4 is 5.32 Å². The molecular formula is C13H16ClNO2. The van der Waals surface area contributed by atoms with Gasteiger partial charge >= 0.3 is 0 Å². The molecule has 92 valence electrons. The minimum atomic E-state index is 0.0324. The van der Waals surface area contributed by atoms with Gasteiger partial charge in [-0.2, -0.15) is 0 Å². The summed E-state index contributed by atoms with van der Waals surface area (Å²) in [5, 5.41) is 3.42. The number of hydrogen-bond acceptors (Lipinski definition) is 2. The van der Waals surface area contributed by atoms with Crippen LogP contribution in [0, 0.1) is 5.92 Å². The lowest BCUT2D eigenvalue weighted by Crippen LogP contribution is -2.22. The summed E-state index contributed by atoms with van der Waals surface area (Å²) in [5.74, 6) is 0.469. The van der Waals surface area contributed by atoms with Crippen LogP contribution in [-0.2, 0) is 9.53 Å². The molecular weight excluding hydrogens is 238 g/mol. The molecule has 0 atom stereocenters. The molecule has 1 aromatic rings. The van der Waals surface area contributed by atoms with Crippen LogP contribution in [0.25, 0.3) is 0 Å². The molecule has 2 rings (SSSR count). The van der Waals surface area contributed by atoms with Gasteiger partial charge in [-0.25, -0.2) is 0 Å². The molecule has 0 unspecified atom stereocenters. The minimum absolute atomic E-state index is 0.0324. The maximum absolute atomic E-state index is 11.8. The molecule has 17 heavy (non-hydrogen) atoms. The first kappa shape index (κ1) is 12.4. The molecule has 1 N–H and O–H groups in total. The molecule has 1 fully saturated rings. The van der Waals surface area contributed by atoms with Crippen LogP contribution in [0.3, 0.4) is 0 Å². The minimum Gasteiger partial charge on any atom is -0.381 e. The zero-order chi connectivity index (χ0) is 12.1. The number of carbonyl (C=O) groups is 1. The van der Waals surface area contributed by atoms with E-state index in [4.69, 9.17) is 16.3 Å². The molecule has 1 aliphatic rings. The number of anilines is 1. The molecule has 4 heteroatoms. The van der Waals surface area contributed by atoms with Crippen molar-refractivity contribution in [1.82, 2.24) is 0 Å². The number of para-hydroxylation sites is 1. The Morgan fingerprint density at radius 1 is 1.35 bits per heavy atom. The number of halogens is 1. The van der Waals surface area contributed by atoms with E-state index in [2.05, 4.69) is 5.32 Å². The van der Waals surface area contributed by atoms with Crippen molar-refractivity contribution < 1.29 is 9.53 Å². The van der Waals surface area contributed by atoms with Gasteiger partial charge in [-0.3, -0.25) is 4.79 Å². The van der Waals surface area contributed by atoms with E-state index in [9.17, 15) is 4.79 Å². The molecule has 0 spiro atoms. The van der Waals surface area contributed by atoms with Gasteiger partial charge in [-0.1, -0.05) is 23.7 Å². The highest BCUT2D eigenvalue weighted by Crippen LogP contribution is 2.23. The van der Waals surface area contributed by atoms with Gasteiger partial charge in [-0.15, -0.1) is 0 Å². The first-order chi connectivity index (χ1) is 8.25. The molecule has 1 aromatic carbocycles. The third-order valence-corrected chi connectivity index (χ3v) is 3.29. The zero-order valence-corrected chi connectivity index (χ0v) is 10.4. The van der Waals surface area contributed by atoms with E-state index in [1.54, 1.807) is 6.07 Å². The van der Waals surface area contributed by atoms with Gasteiger partial charge in [0, 0.05) is 19.6 Å². The van der Waals surface area contributed by atoms with Crippen LogP contribution in [0.15, 0.2) is 24.3 Å². The second-order valence-electron chi connectivity index (χ2n) is 4.29. The van der Waals surface area contributed by atoms with Gasteiger partial charge in [0.15, 0.2) is 0 Å². The van der Waals surface area contributed by atoms with Crippen molar-refractivity contribution in [3.63, 3.8) is 0 Å². The average Bonchev–Trinajstić information content (AvgIpc) is 2.33. The Morgan fingerprint density at radius 3 is 2.76 bits per heavy atom. The zero-order valence-electron chi connectivity index (χ0n) is 9.62. The fourth-order valence-electron chi connectivity index (χ4n) is 1.98. The van der Waals surface area contributed by atoms with Crippen molar-refractivity contribution in [3.8, 4) is 0 Å². The summed E-state index contributed by atoms with van der Waals surface area (Å²) in [5.41, 5.74) is 0.686. The second-order valence-corrected chi connectivity index (χ2v) is 4.70. The van der Waals surface area contributed by atoms with Crippen LogP contribution in [0.4, 0.5) is 5.69 Å². The molecule has 0 aliphatic carbocycles. The first-order valence-electron chi connectivity index (χ1n) is 5.88. The third kappa shape index (κ3) is 3.72. The fraction of sp³-hybridized carbons (Fsp3) is 0.462. The topological polar surface area (TPSA) is 38.3 Å². The molecule has 1 aliphatic heterocycles. The molecule has 0 bridgehead atoms. The molecule has 0 radical (unpaired) electrons. The normalized spacial score (nSPS) is 16.8. The molecule has 1 amide bonds. The highest BCUT2D eigenvalue weighted by atomic mass is 35.5. The van der Waals surface area contributed by atoms with Gasteiger partial charge in [0.25, 0.3) is 0 Å². The number of amides is 1. The SMILES string of the molecule is O=C(CC1CCOCC1)Nc1ccccc1Cl. The summed E-state index contributed by atoms with van der Waals surface area (Å²) < 4.78 is 5.27. The molecule has 1 heterocycles. The Morgan fingerprint density at radius 2 is 2.06 bits per heavy atom. The van der Waals surface area contributed by atoms with E-state index in [1.807, 2.05) is 18.2 Å². The lowest BCUT2D eigenvalue weighted by Gasteiger charge is -2.21. The Kier molecular flexibility index (Phi) is 4.40. The molecule has 0 aromatic heterocycles. The Balaban J connectivity index is 1.86. The van der Waals surface area contributed by atoms with E-state index < -0.39 is 0 Å². The highest BCUT2D eigenvalue weighted by Gasteiger charge is 2.17. The fourth-order valence-corrected chi connectivity index (χ4v) is 2.16. The lowest BCUT2D eigenvalue weighted by molar-refractivity contribution is -0.117. The highest BCUT2D eigenvalue weighted by molar-refractivity contribution is 6.33. The number of rotatable bonds is 3. The van der Waals surface area contributed by atoms with E-state index >= 15 is 0 Å². The number of ether oxygens (including phenoxy) is 1. The van der Waals surface area contributed by atoms with Crippen LogP contribution in [-0.4, -0.2) is 19.1 Å². The molecule has 3 nitrogen and oxygen atoms in total. The van der Waals surface area contributed by atoms with E-state index in [0.29, 0.717) is 23.0 Å². The summed E-state index contributed by atoms with van der Waals surface area (Å²) in [7, 11) is 0. The first-order valence-corrected chi connectivity index (χ1v) is 6.25. The summed E-state index contributed by atoms with van der Waals surface area (Å²) in [6, 6.07) is 7.28. The monoisotopic (exact) mass is 253 g/mol. The predicted molar refractivity (Wildman–Crippen MR) is 68.2 cm³/mol. The van der Waals surface area contributed by atoms with Gasteiger partial charge in [0.2, 0.25) is 5.91 Å². The van der Waals surface area contributed by atoms with Crippen molar-refractivity contribution >= 4 is 23.2 Å². The summed E-state index contributed by atoms with van der Waals surface area (Å²) in [6.45, 7) is 1.54. The molecule has 0 saturated carbocycles. The Hall–Kier alpha value is -1.06. The van der Waals surface area contributed by atoms with Crippen LogP contribution in [0.2, 0.25) is 5.02 Å². The van der Waals surface area contributed by atoms with Gasteiger partial charge < -0.3 is 10.1 Å². The summed E-state index contributed by atoms with van der Waals surface area (Å²) in [6.07, 6.45) is 2.49. The average molecular weight is 254 g/mol. The lowest BCUT2D eigenvalue weighted by atomic mass is 9.96. The van der Waals surface area contributed by atoms with Gasteiger partial charge in [0.05, 0.1) is 10.7 Å². The van der Waals surface area contributed by atoms with Gasteiger partial charge in [-0.05, 0) is 30.9 Å². The largest absolute Gasteiger partial charge is 0.381 e. The van der Waals surface area contributed by atoms with Crippen LogP contribution in [0.1, 0.15) is 19.3 Å². The van der Waals surface area contributed by atoms with Crippen molar-refractivity contribution in [2.24, 2.45) is 5.92 Å². The van der Waals surface area contributed by atoms with E-state index in [1.165, 1.54) is 0 Å². The van der Waals surface area contributed by atoms with E-state index in [-0.39, 0.29) is 5.91 Å². The summed E-state index contributed by atoms with van der Waals surface area (Å²) in [4.78, 5) is 11.8. The quantitative estimate of drug-likeness (QED) is 0.899. The number of benzene rings is 1. The van der Waals surface area contributed by atoms with Crippen molar-refractivity contribution in [3.05, 3.63) is 29.3 Å². The van der Waals surface area contributed by atoms with Crippen molar-refractivity contribution in [2.75, 3.05) is 18.5 Å². The number of hydrogen-bond donors (Lipinski definition) is 1. The Labute approximate surface area is 106 Å². The third-order valence-electron chi connectivity index (χ3n) is 2.96. The molecule has 1 saturated heterocycles. The van der Waals surface area contributed by atoms with Crippen molar-refractivity contribution in [2.45, 2.75) is 19.3 Å². The smallest absolute Gasteiger partial charge is 0.224 e. The maximum Gasteiger partial charge on any atom is 0.224 e. The van der Waals surface area contributed by atoms with Gasteiger partial charge in [0.1, 0.15) is 0 Å². The second kappa shape index (κ2) is 6.03. The van der Waals surface area contributed by atoms with Crippen LogP contribution >= 0.6 is 11.6 Å². The number of carbonyl (C=O) groups excluding carboxylic acids is 1. The maximum atomic E-state index is 11.8.